The summed E-state index contributed by atoms with van der Waals surface area (Å²) in [5, 5.41) is 0. The highest BCUT2D eigenvalue weighted by Gasteiger charge is 2.22. The normalized spacial score (nSPS) is 20.0. The van der Waals surface area contributed by atoms with Crippen LogP contribution < -0.4 is 0 Å². The molecule has 1 amide bonds. The van der Waals surface area contributed by atoms with Gasteiger partial charge in [0.2, 0.25) is 5.91 Å². The largest absolute Gasteiger partial charge is 0.342 e. The zero-order valence-corrected chi connectivity index (χ0v) is 13.4. The van der Waals surface area contributed by atoms with Crippen LogP contribution in [-0.4, -0.2) is 23.9 Å². The van der Waals surface area contributed by atoms with E-state index in [9.17, 15) is 4.79 Å². The second-order valence-corrected chi connectivity index (χ2v) is 6.68. The lowest BCUT2D eigenvalue weighted by atomic mass is 9.89. The SMILES string of the molecule is CC(C)C1CCCN(C(=O)Cc2ccc(S)cc2)CC1. The molecule has 1 aliphatic rings. The van der Waals surface area contributed by atoms with Crippen LogP contribution >= 0.6 is 12.6 Å². The van der Waals surface area contributed by atoms with Gasteiger partial charge in [0.1, 0.15) is 0 Å². The standard InChI is InChI=1S/C17H25NOS/c1-13(2)15-4-3-10-18(11-9-15)17(19)12-14-5-7-16(20)8-6-14/h5-8,13,15,20H,3-4,9-12H2,1-2H3. The molecule has 0 saturated carbocycles. The van der Waals surface area contributed by atoms with Gasteiger partial charge in [0, 0.05) is 18.0 Å². The summed E-state index contributed by atoms with van der Waals surface area (Å²) in [5.74, 6) is 1.77. The van der Waals surface area contributed by atoms with Crippen LogP contribution in [0, 0.1) is 11.8 Å². The van der Waals surface area contributed by atoms with E-state index < -0.39 is 0 Å². The van der Waals surface area contributed by atoms with Gasteiger partial charge in [0.05, 0.1) is 6.42 Å². The molecule has 20 heavy (non-hydrogen) atoms. The van der Waals surface area contributed by atoms with Gasteiger partial charge in [-0.2, -0.15) is 0 Å². The van der Waals surface area contributed by atoms with Gasteiger partial charge in [-0.25, -0.2) is 0 Å². The minimum Gasteiger partial charge on any atom is -0.342 e. The van der Waals surface area contributed by atoms with E-state index in [2.05, 4.69) is 31.4 Å². The summed E-state index contributed by atoms with van der Waals surface area (Å²) in [6.45, 7) is 6.43. The Kier molecular flexibility index (Phi) is 5.53. The molecular weight excluding hydrogens is 266 g/mol. The fourth-order valence-corrected chi connectivity index (χ4v) is 3.09. The van der Waals surface area contributed by atoms with Crippen LogP contribution in [-0.2, 0) is 11.2 Å². The number of carbonyl (C=O) groups is 1. The molecular formula is C17H25NOS. The molecule has 0 spiro atoms. The molecule has 1 aromatic carbocycles. The number of thiol groups is 1. The van der Waals surface area contributed by atoms with Crippen LogP contribution in [0.4, 0.5) is 0 Å². The molecule has 1 heterocycles. The molecule has 1 unspecified atom stereocenters. The number of hydrogen-bond donors (Lipinski definition) is 1. The van der Waals surface area contributed by atoms with Crippen molar-refractivity contribution in [2.75, 3.05) is 13.1 Å². The molecule has 0 bridgehead atoms. The van der Waals surface area contributed by atoms with E-state index in [1.165, 1.54) is 6.42 Å². The number of rotatable bonds is 3. The van der Waals surface area contributed by atoms with E-state index in [1.807, 2.05) is 24.3 Å². The molecule has 2 nitrogen and oxygen atoms in total. The van der Waals surface area contributed by atoms with Crippen LogP contribution in [0.5, 0.6) is 0 Å². The summed E-state index contributed by atoms with van der Waals surface area (Å²) in [4.78, 5) is 15.4. The van der Waals surface area contributed by atoms with E-state index in [-0.39, 0.29) is 5.91 Å². The first kappa shape index (κ1) is 15.4. The van der Waals surface area contributed by atoms with Gasteiger partial charge in [-0.15, -0.1) is 12.6 Å². The summed E-state index contributed by atoms with van der Waals surface area (Å²) in [5.41, 5.74) is 1.08. The minimum absolute atomic E-state index is 0.265. The van der Waals surface area contributed by atoms with Gasteiger partial charge in [0.15, 0.2) is 0 Å². The quantitative estimate of drug-likeness (QED) is 0.840. The first-order valence-corrected chi connectivity index (χ1v) is 8.06. The van der Waals surface area contributed by atoms with E-state index in [1.54, 1.807) is 0 Å². The number of likely N-dealkylation sites (tertiary alicyclic amines) is 1. The second-order valence-electron chi connectivity index (χ2n) is 6.16. The van der Waals surface area contributed by atoms with E-state index in [0.717, 1.165) is 48.2 Å². The van der Waals surface area contributed by atoms with Gasteiger partial charge >= 0.3 is 0 Å². The Labute approximate surface area is 128 Å². The lowest BCUT2D eigenvalue weighted by molar-refractivity contribution is -0.130. The summed E-state index contributed by atoms with van der Waals surface area (Å²) in [7, 11) is 0. The van der Waals surface area contributed by atoms with Crippen molar-refractivity contribution >= 4 is 18.5 Å². The lowest BCUT2D eigenvalue weighted by Crippen LogP contribution is -2.33. The van der Waals surface area contributed by atoms with E-state index >= 15 is 0 Å². The third-order valence-corrected chi connectivity index (χ3v) is 4.66. The highest BCUT2D eigenvalue weighted by Crippen LogP contribution is 2.24. The first-order chi connectivity index (χ1) is 9.56. The molecule has 110 valence electrons. The fraction of sp³-hybridized carbons (Fsp3) is 0.588. The van der Waals surface area contributed by atoms with Crippen LogP contribution in [0.3, 0.4) is 0 Å². The average Bonchev–Trinajstić information content (AvgIpc) is 2.67. The second kappa shape index (κ2) is 7.16. The zero-order valence-electron chi connectivity index (χ0n) is 12.5. The maximum atomic E-state index is 12.4. The number of nitrogens with zero attached hydrogens (tertiary/aromatic N) is 1. The number of hydrogen-bond acceptors (Lipinski definition) is 2. The smallest absolute Gasteiger partial charge is 0.226 e. The van der Waals surface area contributed by atoms with Crippen molar-refractivity contribution in [3.05, 3.63) is 29.8 Å². The van der Waals surface area contributed by atoms with Gasteiger partial charge in [0.25, 0.3) is 0 Å². The predicted molar refractivity (Wildman–Crippen MR) is 86.2 cm³/mol. The Morgan fingerprint density at radius 1 is 1.25 bits per heavy atom. The number of carbonyl (C=O) groups excluding carboxylic acids is 1. The summed E-state index contributed by atoms with van der Waals surface area (Å²) in [6.07, 6.45) is 4.07. The highest BCUT2D eigenvalue weighted by molar-refractivity contribution is 7.80. The Morgan fingerprint density at radius 2 is 1.95 bits per heavy atom. The predicted octanol–water partition coefficient (Wildman–Crippen LogP) is 3.80. The Bertz CT molecular complexity index is 441. The molecule has 2 rings (SSSR count). The van der Waals surface area contributed by atoms with Crippen molar-refractivity contribution in [1.82, 2.24) is 4.90 Å². The van der Waals surface area contributed by atoms with E-state index in [4.69, 9.17) is 0 Å². The van der Waals surface area contributed by atoms with Crippen LogP contribution in [0.25, 0.3) is 0 Å². The molecule has 0 aromatic heterocycles. The lowest BCUT2D eigenvalue weighted by Gasteiger charge is -2.21. The molecule has 1 atom stereocenters. The summed E-state index contributed by atoms with van der Waals surface area (Å²) >= 11 is 4.27. The van der Waals surface area contributed by atoms with Crippen molar-refractivity contribution in [2.24, 2.45) is 11.8 Å². The summed E-state index contributed by atoms with van der Waals surface area (Å²) in [6, 6.07) is 7.88. The highest BCUT2D eigenvalue weighted by atomic mass is 32.1. The maximum absolute atomic E-state index is 12.4. The van der Waals surface area contributed by atoms with Crippen molar-refractivity contribution in [3.63, 3.8) is 0 Å². The third kappa shape index (κ3) is 4.27. The van der Waals surface area contributed by atoms with Crippen molar-refractivity contribution in [1.29, 1.82) is 0 Å². The average molecular weight is 291 g/mol. The molecule has 3 heteroatoms. The van der Waals surface area contributed by atoms with Gasteiger partial charge < -0.3 is 4.90 Å². The Balaban J connectivity index is 1.90. The Morgan fingerprint density at radius 3 is 2.60 bits per heavy atom. The fourth-order valence-electron chi connectivity index (χ4n) is 2.94. The van der Waals surface area contributed by atoms with Crippen molar-refractivity contribution in [2.45, 2.75) is 44.4 Å². The third-order valence-electron chi connectivity index (χ3n) is 4.36. The van der Waals surface area contributed by atoms with E-state index in [0.29, 0.717) is 6.42 Å². The maximum Gasteiger partial charge on any atom is 0.226 e. The number of benzene rings is 1. The molecule has 0 N–H and O–H groups in total. The topological polar surface area (TPSA) is 20.3 Å². The molecule has 0 radical (unpaired) electrons. The van der Waals surface area contributed by atoms with Crippen LogP contribution in [0.2, 0.25) is 0 Å². The molecule has 1 aromatic rings. The van der Waals surface area contributed by atoms with Gasteiger partial charge in [-0.1, -0.05) is 26.0 Å². The molecule has 1 aliphatic heterocycles. The zero-order chi connectivity index (χ0) is 14.5. The van der Waals surface area contributed by atoms with Crippen LogP contribution in [0.1, 0.15) is 38.7 Å². The number of amides is 1. The van der Waals surface area contributed by atoms with Gasteiger partial charge in [-0.3, -0.25) is 4.79 Å². The monoisotopic (exact) mass is 291 g/mol. The molecule has 1 fully saturated rings. The van der Waals surface area contributed by atoms with Crippen molar-refractivity contribution < 1.29 is 4.79 Å². The molecule has 0 aliphatic carbocycles. The van der Waals surface area contributed by atoms with Crippen molar-refractivity contribution in [3.8, 4) is 0 Å². The molecule has 1 saturated heterocycles. The summed E-state index contributed by atoms with van der Waals surface area (Å²) < 4.78 is 0. The van der Waals surface area contributed by atoms with Gasteiger partial charge in [-0.05, 0) is 48.8 Å². The Hall–Kier alpha value is -0.960. The first-order valence-electron chi connectivity index (χ1n) is 7.62. The van der Waals surface area contributed by atoms with Crippen LogP contribution in [0.15, 0.2) is 29.2 Å². The minimum atomic E-state index is 0.265.